The highest BCUT2D eigenvalue weighted by molar-refractivity contribution is 5.59. The van der Waals surface area contributed by atoms with Crippen LogP contribution in [0.15, 0.2) is 49.2 Å². The number of pyridine rings is 1. The van der Waals surface area contributed by atoms with Crippen molar-refractivity contribution < 1.29 is 13.2 Å². The molecule has 5 heterocycles. The second kappa shape index (κ2) is 7.55. The number of imidazole rings is 1. The van der Waals surface area contributed by atoms with E-state index in [2.05, 4.69) is 30.0 Å². The fraction of sp³-hybridized carbons (Fsp3) is 0.364. The van der Waals surface area contributed by atoms with Crippen LogP contribution in [-0.2, 0) is 6.18 Å². The van der Waals surface area contributed by atoms with E-state index in [1.54, 1.807) is 6.20 Å². The second-order valence-corrected chi connectivity index (χ2v) is 8.49. The number of rotatable bonds is 4. The van der Waals surface area contributed by atoms with Crippen molar-refractivity contribution in [1.29, 1.82) is 0 Å². The molecule has 1 aliphatic carbocycles. The molecule has 33 heavy (non-hydrogen) atoms. The zero-order chi connectivity index (χ0) is 22.6. The molecule has 11 heteroatoms. The summed E-state index contributed by atoms with van der Waals surface area (Å²) in [6.07, 6.45) is 6.00. The maximum atomic E-state index is 13.2. The lowest BCUT2D eigenvalue weighted by Gasteiger charge is -2.42. The van der Waals surface area contributed by atoms with Gasteiger partial charge in [0.2, 0.25) is 0 Å². The van der Waals surface area contributed by atoms with Crippen LogP contribution in [0.2, 0.25) is 0 Å². The number of nitrogens with zero attached hydrogens (tertiary/aromatic N) is 7. The zero-order valence-electron chi connectivity index (χ0n) is 17.6. The number of hydrogen-bond donors (Lipinski definition) is 1. The van der Waals surface area contributed by atoms with Crippen molar-refractivity contribution in [2.24, 2.45) is 0 Å². The van der Waals surface area contributed by atoms with E-state index in [1.807, 2.05) is 18.5 Å². The third-order valence-corrected chi connectivity index (χ3v) is 6.37. The highest BCUT2D eigenvalue weighted by Gasteiger charge is 2.38. The van der Waals surface area contributed by atoms with Gasteiger partial charge >= 0.3 is 6.18 Å². The maximum absolute atomic E-state index is 13.2. The summed E-state index contributed by atoms with van der Waals surface area (Å²) in [7, 11) is 0. The van der Waals surface area contributed by atoms with Gasteiger partial charge in [0.25, 0.3) is 0 Å². The van der Waals surface area contributed by atoms with Gasteiger partial charge in [0, 0.05) is 49.8 Å². The Morgan fingerprint density at radius 3 is 2.67 bits per heavy atom. The molecule has 0 aromatic carbocycles. The summed E-state index contributed by atoms with van der Waals surface area (Å²) in [5, 5.41) is 7.04. The molecule has 2 fully saturated rings. The van der Waals surface area contributed by atoms with Crippen LogP contribution in [0.25, 0.3) is 17.2 Å². The number of alkyl halides is 3. The smallest absolute Gasteiger partial charge is 0.353 e. The minimum atomic E-state index is -4.44. The molecule has 1 N–H and O–H groups in total. The number of H-pyrrole nitrogens is 1. The van der Waals surface area contributed by atoms with Gasteiger partial charge < -0.3 is 4.90 Å². The number of piperazine rings is 1. The molecule has 1 saturated heterocycles. The quantitative estimate of drug-likeness (QED) is 0.508. The molecule has 8 nitrogen and oxygen atoms in total. The molecule has 170 valence electrons. The van der Waals surface area contributed by atoms with Crippen molar-refractivity contribution in [2.45, 2.75) is 31.1 Å². The van der Waals surface area contributed by atoms with Gasteiger partial charge in [-0.25, -0.2) is 15.0 Å². The lowest BCUT2D eigenvalue weighted by molar-refractivity contribution is -0.137. The third-order valence-electron chi connectivity index (χ3n) is 6.37. The molecular formula is C22H21F3N8. The molecule has 1 aliphatic heterocycles. The van der Waals surface area contributed by atoms with Gasteiger partial charge in [-0.2, -0.15) is 18.3 Å². The number of anilines is 1. The van der Waals surface area contributed by atoms with Gasteiger partial charge in [0.15, 0.2) is 5.82 Å². The van der Waals surface area contributed by atoms with Crippen molar-refractivity contribution in [3.8, 4) is 11.5 Å². The Labute approximate surface area is 187 Å². The van der Waals surface area contributed by atoms with Crippen molar-refractivity contribution in [2.75, 3.05) is 24.5 Å². The first kappa shape index (κ1) is 20.2. The molecule has 4 aromatic rings. The molecule has 0 bridgehead atoms. The van der Waals surface area contributed by atoms with Gasteiger partial charge in [-0.1, -0.05) is 0 Å². The normalized spacial score (nSPS) is 20.0. The van der Waals surface area contributed by atoms with Crippen LogP contribution >= 0.6 is 0 Å². The van der Waals surface area contributed by atoms with Crippen molar-refractivity contribution in [3.63, 3.8) is 0 Å². The van der Waals surface area contributed by atoms with E-state index in [1.165, 1.54) is 29.5 Å². The Morgan fingerprint density at radius 1 is 1.03 bits per heavy atom. The Kier molecular flexibility index (Phi) is 4.61. The average Bonchev–Trinajstić information content (AvgIpc) is 3.34. The Hall–Kier alpha value is -3.47. The summed E-state index contributed by atoms with van der Waals surface area (Å²) in [6.45, 7) is 2.47. The van der Waals surface area contributed by atoms with Gasteiger partial charge in [0.05, 0.1) is 24.0 Å². The van der Waals surface area contributed by atoms with E-state index in [-0.39, 0.29) is 6.04 Å². The Balaban J connectivity index is 1.32. The molecule has 0 amide bonds. The molecular weight excluding hydrogens is 433 g/mol. The number of hydrogen-bond acceptors (Lipinski definition) is 6. The van der Waals surface area contributed by atoms with Crippen molar-refractivity contribution >= 4 is 11.5 Å². The van der Waals surface area contributed by atoms with Crippen LogP contribution in [-0.4, -0.2) is 60.1 Å². The van der Waals surface area contributed by atoms with Crippen LogP contribution < -0.4 is 4.90 Å². The molecule has 0 radical (unpaired) electrons. The van der Waals surface area contributed by atoms with Crippen molar-refractivity contribution in [3.05, 3.63) is 60.3 Å². The van der Waals surface area contributed by atoms with Gasteiger partial charge in [-0.3, -0.25) is 14.4 Å². The van der Waals surface area contributed by atoms with E-state index < -0.39 is 11.7 Å². The topological polar surface area (TPSA) is 78.2 Å². The van der Waals surface area contributed by atoms with Crippen LogP contribution in [0.3, 0.4) is 0 Å². The molecule has 4 aromatic heterocycles. The summed E-state index contributed by atoms with van der Waals surface area (Å²) < 4.78 is 41.1. The number of aromatic nitrogens is 6. The fourth-order valence-electron chi connectivity index (χ4n) is 4.55. The largest absolute Gasteiger partial charge is 0.417 e. The summed E-state index contributed by atoms with van der Waals surface area (Å²) in [5.41, 5.74) is 1.22. The average molecular weight is 454 g/mol. The highest BCUT2D eigenvalue weighted by atomic mass is 19.4. The number of nitrogens with one attached hydrogen (secondary N) is 1. The predicted octanol–water partition coefficient (Wildman–Crippen LogP) is 3.56. The maximum Gasteiger partial charge on any atom is 0.417 e. The summed E-state index contributed by atoms with van der Waals surface area (Å²) in [4.78, 5) is 18.0. The van der Waals surface area contributed by atoms with E-state index in [0.29, 0.717) is 23.2 Å². The molecule has 2 aliphatic rings. The van der Waals surface area contributed by atoms with Gasteiger partial charge in [-0.05, 0) is 31.0 Å². The summed E-state index contributed by atoms with van der Waals surface area (Å²) in [6, 6.07) is 5.04. The van der Waals surface area contributed by atoms with E-state index in [4.69, 9.17) is 4.98 Å². The minimum absolute atomic E-state index is 0.202. The number of fused-ring (bicyclic) bond motifs is 1. The first-order valence-corrected chi connectivity index (χ1v) is 10.8. The van der Waals surface area contributed by atoms with Crippen LogP contribution in [0.5, 0.6) is 0 Å². The van der Waals surface area contributed by atoms with E-state index in [0.717, 1.165) is 43.3 Å². The minimum Gasteiger partial charge on any atom is -0.353 e. The molecule has 0 unspecified atom stereocenters. The molecule has 6 rings (SSSR count). The van der Waals surface area contributed by atoms with Crippen LogP contribution in [0.4, 0.5) is 19.0 Å². The Bertz CT molecular complexity index is 1280. The highest BCUT2D eigenvalue weighted by Crippen LogP contribution is 2.37. The SMILES string of the molecule is FC(F)(F)c1ccc2ncc(-c3nccc(N4CCN(C5CC5)[C@H](c5cn[nH]c5)C4)n3)n2c1. The first-order chi connectivity index (χ1) is 16.0. The second-order valence-electron chi connectivity index (χ2n) is 8.49. The third kappa shape index (κ3) is 3.71. The number of aromatic amines is 1. The van der Waals surface area contributed by atoms with E-state index >= 15 is 0 Å². The monoisotopic (exact) mass is 454 g/mol. The molecule has 1 atom stereocenters. The lowest BCUT2D eigenvalue weighted by Crippen LogP contribution is -2.49. The lowest BCUT2D eigenvalue weighted by atomic mass is 10.1. The molecule has 0 spiro atoms. The van der Waals surface area contributed by atoms with E-state index in [9.17, 15) is 13.2 Å². The zero-order valence-corrected chi connectivity index (χ0v) is 17.6. The van der Waals surface area contributed by atoms with Crippen LogP contribution in [0.1, 0.15) is 30.0 Å². The van der Waals surface area contributed by atoms with Gasteiger partial charge in [-0.15, -0.1) is 0 Å². The van der Waals surface area contributed by atoms with Crippen LogP contribution in [0, 0.1) is 0 Å². The predicted molar refractivity (Wildman–Crippen MR) is 114 cm³/mol. The summed E-state index contributed by atoms with van der Waals surface area (Å²) in [5.74, 6) is 1.08. The fourth-order valence-corrected chi connectivity index (χ4v) is 4.55. The van der Waals surface area contributed by atoms with Gasteiger partial charge in [0.1, 0.15) is 17.2 Å². The first-order valence-electron chi connectivity index (χ1n) is 10.8. The standard InChI is InChI=1S/C22H21F3N8/c23-22(24,25)15-1-4-19-27-11-17(33(19)12-15)21-26-6-5-20(30-21)31-7-8-32(16-2-3-16)18(13-31)14-9-28-29-10-14/h1,4-6,9-12,16,18H,2-3,7-8,13H2,(H,28,29)/t18-/m0/s1. The molecule has 1 saturated carbocycles. The van der Waals surface area contributed by atoms with Crippen molar-refractivity contribution in [1.82, 2.24) is 34.4 Å². The number of halogens is 3. The Morgan fingerprint density at radius 2 is 1.91 bits per heavy atom. The summed E-state index contributed by atoms with van der Waals surface area (Å²) >= 11 is 0.